The van der Waals surface area contributed by atoms with Crippen molar-refractivity contribution in [2.75, 3.05) is 5.32 Å². The average Bonchev–Trinajstić information content (AvgIpc) is 3.03. The Balaban J connectivity index is 1.69. The summed E-state index contributed by atoms with van der Waals surface area (Å²) in [5.41, 5.74) is 3.50. The molecular formula is C22H18BrN3O2S. The van der Waals surface area contributed by atoms with E-state index in [1.807, 2.05) is 50.2 Å². The maximum atomic E-state index is 13.2. The summed E-state index contributed by atoms with van der Waals surface area (Å²) in [6.07, 6.45) is 1.45. The Bertz CT molecular complexity index is 1260. The van der Waals surface area contributed by atoms with E-state index in [-0.39, 0.29) is 18.0 Å². The van der Waals surface area contributed by atoms with Crippen LogP contribution in [0.2, 0.25) is 0 Å². The number of hydrogen-bond acceptors (Lipinski definition) is 4. The van der Waals surface area contributed by atoms with Crippen LogP contribution in [0, 0.1) is 13.8 Å². The molecule has 1 N–H and O–H groups in total. The van der Waals surface area contributed by atoms with Crippen LogP contribution in [0.5, 0.6) is 0 Å². The molecule has 5 nitrogen and oxygen atoms in total. The first kappa shape index (κ1) is 19.5. The number of aryl methyl sites for hydroxylation is 2. The lowest BCUT2D eigenvalue weighted by Gasteiger charge is -2.08. The van der Waals surface area contributed by atoms with Crippen LogP contribution in [0.1, 0.15) is 10.4 Å². The number of carbonyl (C=O) groups excluding carboxylic acids is 1. The molecule has 4 aromatic rings. The number of amides is 1. The third kappa shape index (κ3) is 4.02. The highest BCUT2D eigenvalue weighted by atomic mass is 79.9. The van der Waals surface area contributed by atoms with Crippen molar-refractivity contribution in [3.8, 4) is 11.1 Å². The molecule has 29 heavy (non-hydrogen) atoms. The van der Waals surface area contributed by atoms with E-state index in [0.717, 1.165) is 26.0 Å². The fourth-order valence-electron chi connectivity index (χ4n) is 3.21. The van der Waals surface area contributed by atoms with Gasteiger partial charge in [0.25, 0.3) is 5.56 Å². The van der Waals surface area contributed by atoms with Gasteiger partial charge in [0.2, 0.25) is 5.91 Å². The highest BCUT2D eigenvalue weighted by Gasteiger charge is 2.17. The molecule has 0 saturated carbocycles. The molecule has 2 aromatic heterocycles. The standard InChI is InChI=1S/C22H18BrN3O2S/c1-13-3-5-15(6-4-13)19-14(2)29-21-20(19)22(28)26(12-24-21)11-18(27)25-17-9-7-16(23)8-10-17/h3-10,12H,11H2,1-2H3,(H,25,27). The first-order valence-electron chi connectivity index (χ1n) is 9.03. The van der Waals surface area contributed by atoms with Crippen LogP contribution >= 0.6 is 27.3 Å². The lowest BCUT2D eigenvalue weighted by molar-refractivity contribution is -0.116. The number of thiophene rings is 1. The number of nitrogens with zero attached hydrogens (tertiary/aromatic N) is 2. The second-order valence-electron chi connectivity index (χ2n) is 6.81. The zero-order valence-corrected chi connectivity index (χ0v) is 18.3. The minimum atomic E-state index is -0.278. The van der Waals surface area contributed by atoms with Crippen molar-refractivity contribution in [2.45, 2.75) is 20.4 Å². The molecule has 0 aliphatic carbocycles. The maximum Gasteiger partial charge on any atom is 0.263 e. The van der Waals surface area contributed by atoms with Crippen molar-refractivity contribution >= 4 is 49.1 Å². The van der Waals surface area contributed by atoms with Crippen LogP contribution in [0.3, 0.4) is 0 Å². The van der Waals surface area contributed by atoms with Crippen LogP contribution in [0.15, 0.2) is 64.1 Å². The quantitative estimate of drug-likeness (QED) is 0.451. The molecule has 0 bridgehead atoms. The topological polar surface area (TPSA) is 64.0 Å². The molecule has 1 amide bonds. The Morgan fingerprint density at radius 2 is 1.79 bits per heavy atom. The van der Waals surface area contributed by atoms with Crippen LogP contribution in [-0.2, 0) is 11.3 Å². The molecule has 0 aliphatic heterocycles. The number of halogens is 1. The number of aromatic nitrogens is 2. The molecule has 0 radical (unpaired) electrons. The second kappa shape index (κ2) is 7.93. The molecule has 0 fully saturated rings. The van der Waals surface area contributed by atoms with Gasteiger partial charge in [-0.25, -0.2) is 4.98 Å². The minimum absolute atomic E-state index is 0.0972. The summed E-state index contributed by atoms with van der Waals surface area (Å²) in [6.45, 7) is 3.92. The molecule has 2 heterocycles. The average molecular weight is 468 g/mol. The summed E-state index contributed by atoms with van der Waals surface area (Å²) in [5.74, 6) is -0.278. The molecule has 0 atom stereocenters. The number of anilines is 1. The van der Waals surface area contributed by atoms with Crippen LogP contribution in [0.25, 0.3) is 21.3 Å². The van der Waals surface area contributed by atoms with Gasteiger partial charge in [-0.1, -0.05) is 45.8 Å². The van der Waals surface area contributed by atoms with Gasteiger partial charge < -0.3 is 5.32 Å². The summed E-state index contributed by atoms with van der Waals surface area (Å²) < 4.78 is 2.29. The van der Waals surface area contributed by atoms with Crippen LogP contribution in [-0.4, -0.2) is 15.5 Å². The fourth-order valence-corrected chi connectivity index (χ4v) is 4.47. The molecule has 146 valence electrons. The normalized spacial score (nSPS) is 11.0. The highest BCUT2D eigenvalue weighted by molar-refractivity contribution is 9.10. The molecule has 0 aliphatic rings. The van der Waals surface area contributed by atoms with Gasteiger partial charge in [0, 0.05) is 20.6 Å². The zero-order valence-electron chi connectivity index (χ0n) is 15.9. The van der Waals surface area contributed by atoms with Gasteiger partial charge in [0.15, 0.2) is 0 Å². The Hall–Kier alpha value is -2.77. The van der Waals surface area contributed by atoms with Crippen molar-refractivity contribution in [2.24, 2.45) is 0 Å². The SMILES string of the molecule is Cc1ccc(-c2c(C)sc3ncn(CC(=O)Nc4ccc(Br)cc4)c(=O)c23)cc1. The van der Waals surface area contributed by atoms with E-state index in [0.29, 0.717) is 15.9 Å². The molecular weight excluding hydrogens is 450 g/mol. The number of carbonyl (C=O) groups is 1. The summed E-state index contributed by atoms with van der Waals surface area (Å²) >= 11 is 4.86. The molecule has 0 spiro atoms. The zero-order chi connectivity index (χ0) is 20.5. The fraction of sp³-hybridized carbons (Fsp3) is 0.136. The van der Waals surface area contributed by atoms with Gasteiger partial charge in [-0.3, -0.25) is 14.2 Å². The predicted octanol–water partition coefficient (Wildman–Crippen LogP) is 5.14. The van der Waals surface area contributed by atoms with E-state index < -0.39 is 0 Å². The first-order chi connectivity index (χ1) is 13.9. The number of rotatable bonds is 4. The number of nitrogens with one attached hydrogen (secondary N) is 1. The number of fused-ring (bicyclic) bond motifs is 1. The van der Waals surface area contributed by atoms with E-state index in [1.165, 1.54) is 22.2 Å². The van der Waals surface area contributed by atoms with E-state index in [4.69, 9.17) is 0 Å². The van der Waals surface area contributed by atoms with Crippen LogP contribution < -0.4 is 10.9 Å². The van der Waals surface area contributed by atoms with Gasteiger partial charge in [0.05, 0.1) is 11.7 Å². The Morgan fingerprint density at radius 3 is 2.48 bits per heavy atom. The molecule has 4 rings (SSSR count). The number of benzene rings is 2. The van der Waals surface area contributed by atoms with Crippen molar-refractivity contribution in [3.63, 3.8) is 0 Å². The number of hydrogen-bond donors (Lipinski definition) is 1. The smallest absolute Gasteiger partial charge is 0.263 e. The molecule has 0 saturated heterocycles. The van der Waals surface area contributed by atoms with E-state index in [2.05, 4.69) is 26.2 Å². The van der Waals surface area contributed by atoms with Gasteiger partial charge in [-0.05, 0) is 43.7 Å². The van der Waals surface area contributed by atoms with Crippen LogP contribution in [0.4, 0.5) is 5.69 Å². The molecule has 2 aromatic carbocycles. The molecule has 0 unspecified atom stereocenters. The van der Waals surface area contributed by atoms with Crippen molar-refractivity contribution in [1.29, 1.82) is 0 Å². The Labute approximate surface area is 180 Å². The largest absolute Gasteiger partial charge is 0.325 e. The summed E-state index contributed by atoms with van der Waals surface area (Å²) in [4.78, 5) is 31.8. The summed E-state index contributed by atoms with van der Waals surface area (Å²) in [5, 5.41) is 3.37. The lowest BCUT2D eigenvalue weighted by Crippen LogP contribution is -2.27. The minimum Gasteiger partial charge on any atom is -0.325 e. The van der Waals surface area contributed by atoms with Gasteiger partial charge in [0.1, 0.15) is 11.4 Å². The predicted molar refractivity (Wildman–Crippen MR) is 122 cm³/mol. The van der Waals surface area contributed by atoms with Gasteiger partial charge in [-0.15, -0.1) is 11.3 Å². The van der Waals surface area contributed by atoms with E-state index in [1.54, 1.807) is 12.1 Å². The second-order valence-corrected chi connectivity index (χ2v) is 8.93. The maximum absolute atomic E-state index is 13.2. The monoisotopic (exact) mass is 467 g/mol. The molecule has 7 heteroatoms. The van der Waals surface area contributed by atoms with Crippen molar-refractivity contribution in [3.05, 3.63) is 80.1 Å². The van der Waals surface area contributed by atoms with Crippen molar-refractivity contribution in [1.82, 2.24) is 9.55 Å². The van der Waals surface area contributed by atoms with E-state index >= 15 is 0 Å². The Kier molecular flexibility index (Phi) is 5.34. The Morgan fingerprint density at radius 1 is 1.10 bits per heavy atom. The summed E-state index contributed by atoms with van der Waals surface area (Å²) in [7, 11) is 0. The third-order valence-corrected chi connectivity index (χ3v) is 6.18. The first-order valence-corrected chi connectivity index (χ1v) is 10.6. The van der Waals surface area contributed by atoms with Gasteiger partial charge >= 0.3 is 0 Å². The van der Waals surface area contributed by atoms with Crippen molar-refractivity contribution < 1.29 is 4.79 Å². The summed E-state index contributed by atoms with van der Waals surface area (Å²) in [6, 6.07) is 15.4. The lowest BCUT2D eigenvalue weighted by atomic mass is 10.0. The third-order valence-electron chi connectivity index (χ3n) is 4.64. The van der Waals surface area contributed by atoms with E-state index in [9.17, 15) is 9.59 Å². The highest BCUT2D eigenvalue weighted by Crippen LogP contribution is 2.35. The van der Waals surface area contributed by atoms with Gasteiger partial charge in [-0.2, -0.15) is 0 Å².